The molecule has 1 unspecified atom stereocenters. The highest BCUT2D eigenvalue weighted by Crippen LogP contribution is 2.38. The second-order valence-corrected chi connectivity index (χ2v) is 6.34. The third-order valence-electron chi connectivity index (χ3n) is 4.89. The maximum Gasteiger partial charge on any atom is 0.0951 e. The second-order valence-electron chi connectivity index (χ2n) is 6.34. The normalized spacial score (nSPS) is 16.5. The molecule has 23 heavy (non-hydrogen) atoms. The van der Waals surface area contributed by atoms with Crippen LogP contribution in [-0.4, -0.2) is 14.5 Å². The van der Waals surface area contributed by atoms with Crippen LogP contribution in [0.2, 0.25) is 0 Å². The second kappa shape index (κ2) is 6.37. The monoisotopic (exact) mass is 303 g/mol. The number of nitrogens with zero attached hydrogens (tertiary/aromatic N) is 3. The van der Waals surface area contributed by atoms with Gasteiger partial charge in [-0.2, -0.15) is 0 Å². The maximum absolute atomic E-state index is 4.72. The van der Waals surface area contributed by atoms with Gasteiger partial charge in [0, 0.05) is 24.2 Å². The molecule has 116 valence electrons. The van der Waals surface area contributed by atoms with Gasteiger partial charge in [-0.3, -0.25) is 4.98 Å². The van der Waals surface area contributed by atoms with Gasteiger partial charge in [0.2, 0.25) is 0 Å². The third-order valence-corrected chi connectivity index (χ3v) is 4.89. The number of hydrogen-bond acceptors (Lipinski definition) is 2. The van der Waals surface area contributed by atoms with Crippen molar-refractivity contribution in [1.29, 1.82) is 0 Å². The largest absolute Gasteiger partial charge is 0.330 e. The molecule has 3 nitrogen and oxygen atoms in total. The maximum atomic E-state index is 4.72. The lowest BCUT2D eigenvalue weighted by Gasteiger charge is -2.25. The predicted molar refractivity (Wildman–Crippen MR) is 92.0 cm³/mol. The molecule has 2 aromatic heterocycles. The Kier molecular flexibility index (Phi) is 3.93. The van der Waals surface area contributed by atoms with E-state index in [2.05, 4.69) is 52.1 Å². The van der Waals surface area contributed by atoms with Crippen LogP contribution >= 0.6 is 0 Å². The molecule has 0 saturated heterocycles. The molecule has 4 rings (SSSR count). The fourth-order valence-electron chi connectivity index (χ4n) is 3.75. The highest BCUT2D eigenvalue weighted by molar-refractivity contribution is 5.58. The molecule has 2 heterocycles. The van der Waals surface area contributed by atoms with Gasteiger partial charge in [-0.05, 0) is 30.4 Å². The number of aromatic nitrogens is 3. The zero-order valence-corrected chi connectivity index (χ0v) is 13.2. The van der Waals surface area contributed by atoms with E-state index >= 15 is 0 Å². The van der Waals surface area contributed by atoms with Gasteiger partial charge in [0.25, 0.3) is 0 Å². The van der Waals surface area contributed by atoms with Crippen LogP contribution in [0.5, 0.6) is 0 Å². The van der Waals surface area contributed by atoms with E-state index in [1.165, 1.54) is 36.8 Å². The summed E-state index contributed by atoms with van der Waals surface area (Å²) in [4.78, 5) is 8.97. The fraction of sp³-hybridized carbons (Fsp3) is 0.300. The van der Waals surface area contributed by atoms with Gasteiger partial charge in [-0.1, -0.05) is 49.2 Å². The van der Waals surface area contributed by atoms with Gasteiger partial charge < -0.3 is 4.57 Å². The molecule has 1 aliphatic rings. The molecule has 3 aromatic rings. The van der Waals surface area contributed by atoms with E-state index < -0.39 is 0 Å². The van der Waals surface area contributed by atoms with Gasteiger partial charge >= 0.3 is 0 Å². The molecule has 0 radical (unpaired) electrons. The molecule has 1 fully saturated rings. The number of benzene rings is 1. The van der Waals surface area contributed by atoms with E-state index in [4.69, 9.17) is 4.98 Å². The van der Waals surface area contributed by atoms with Crippen LogP contribution in [0.25, 0.3) is 11.3 Å². The van der Waals surface area contributed by atoms with Crippen molar-refractivity contribution in [3.63, 3.8) is 0 Å². The van der Waals surface area contributed by atoms with Crippen molar-refractivity contribution in [2.24, 2.45) is 5.92 Å². The van der Waals surface area contributed by atoms with E-state index in [-0.39, 0.29) is 0 Å². The average molecular weight is 303 g/mol. The summed E-state index contributed by atoms with van der Waals surface area (Å²) in [6.45, 7) is 0. The molecular formula is C20H21N3. The van der Waals surface area contributed by atoms with Crippen molar-refractivity contribution in [2.45, 2.75) is 31.7 Å². The Labute approximate surface area is 137 Å². The van der Waals surface area contributed by atoms with E-state index in [9.17, 15) is 0 Å². The molecule has 3 heteroatoms. The lowest BCUT2D eigenvalue weighted by atomic mass is 9.92. The first kappa shape index (κ1) is 14.2. The van der Waals surface area contributed by atoms with Crippen molar-refractivity contribution >= 4 is 0 Å². The molecule has 1 atom stereocenters. The predicted octanol–water partition coefficient (Wildman–Crippen LogP) is 4.72. The van der Waals surface area contributed by atoms with Crippen LogP contribution in [0.15, 0.2) is 67.4 Å². The summed E-state index contributed by atoms with van der Waals surface area (Å²) in [6.07, 6.45) is 13.2. The minimum absolute atomic E-state index is 0.359. The van der Waals surface area contributed by atoms with E-state index in [1.54, 1.807) is 0 Å². The van der Waals surface area contributed by atoms with Crippen LogP contribution in [0.3, 0.4) is 0 Å². The standard InChI is InChI=1S/C20H21N3/c1-2-6-16(7-3-1)19-11-10-18(14-22-19)20(17-8-4-5-9-17)23-13-12-21-15-23/h1-3,6-7,10-15,17,20H,4-5,8-9H2. The van der Waals surface area contributed by atoms with E-state index in [1.807, 2.05) is 24.8 Å². The average Bonchev–Trinajstić information content (AvgIpc) is 3.31. The van der Waals surface area contributed by atoms with Crippen molar-refractivity contribution in [3.8, 4) is 11.3 Å². The summed E-state index contributed by atoms with van der Waals surface area (Å²) < 4.78 is 2.25. The number of pyridine rings is 1. The van der Waals surface area contributed by atoms with Gasteiger partial charge in [-0.25, -0.2) is 4.98 Å². The van der Waals surface area contributed by atoms with Gasteiger partial charge in [0.1, 0.15) is 0 Å². The number of imidazole rings is 1. The highest BCUT2D eigenvalue weighted by atomic mass is 15.1. The lowest BCUT2D eigenvalue weighted by Crippen LogP contribution is -2.17. The smallest absolute Gasteiger partial charge is 0.0951 e. The van der Waals surface area contributed by atoms with Crippen molar-refractivity contribution in [3.05, 3.63) is 72.9 Å². The van der Waals surface area contributed by atoms with Crippen molar-refractivity contribution < 1.29 is 0 Å². The molecule has 0 amide bonds. The summed E-state index contributed by atoms with van der Waals surface area (Å²) in [5, 5.41) is 0. The summed E-state index contributed by atoms with van der Waals surface area (Å²) in [5.41, 5.74) is 3.49. The van der Waals surface area contributed by atoms with E-state index in [0.717, 1.165) is 5.69 Å². The zero-order chi connectivity index (χ0) is 15.5. The molecule has 1 aromatic carbocycles. The molecular weight excluding hydrogens is 282 g/mol. The molecule has 1 aliphatic carbocycles. The minimum Gasteiger partial charge on any atom is -0.330 e. The topological polar surface area (TPSA) is 30.7 Å². The first-order chi connectivity index (χ1) is 11.4. The highest BCUT2D eigenvalue weighted by Gasteiger charge is 2.27. The first-order valence-corrected chi connectivity index (χ1v) is 8.40. The first-order valence-electron chi connectivity index (χ1n) is 8.40. The van der Waals surface area contributed by atoms with Crippen molar-refractivity contribution in [2.75, 3.05) is 0 Å². The Morgan fingerprint density at radius 3 is 2.48 bits per heavy atom. The SMILES string of the molecule is c1ccc(-c2ccc(C(C3CCCC3)n3ccnc3)cn2)cc1. The van der Waals surface area contributed by atoms with Crippen LogP contribution in [-0.2, 0) is 0 Å². The van der Waals surface area contributed by atoms with Gasteiger partial charge in [0.15, 0.2) is 0 Å². The zero-order valence-electron chi connectivity index (χ0n) is 13.2. The summed E-state index contributed by atoms with van der Waals surface area (Å²) >= 11 is 0. The van der Waals surface area contributed by atoms with Crippen molar-refractivity contribution in [1.82, 2.24) is 14.5 Å². The van der Waals surface area contributed by atoms with Crippen LogP contribution in [0, 0.1) is 5.92 Å². The molecule has 0 N–H and O–H groups in total. The van der Waals surface area contributed by atoms with Crippen LogP contribution in [0.4, 0.5) is 0 Å². The summed E-state index contributed by atoms with van der Waals surface area (Å²) in [5.74, 6) is 0.688. The number of hydrogen-bond donors (Lipinski definition) is 0. The Morgan fingerprint density at radius 2 is 1.83 bits per heavy atom. The molecule has 0 aliphatic heterocycles. The number of rotatable bonds is 4. The Hall–Kier alpha value is -2.42. The fourth-order valence-corrected chi connectivity index (χ4v) is 3.75. The molecule has 0 spiro atoms. The minimum atomic E-state index is 0.359. The summed E-state index contributed by atoms with van der Waals surface area (Å²) in [6, 6.07) is 15.1. The van der Waals surface area contributed by atoms with Crippen LogP contribution in [0.1, 0.15) is 37.3 Å². The Bertz CT molecular complexity index is 726. The molecule has 0 bridgehead atoms. The summed E-state index contributed by atoms with van der Waals surface area (Å²) in [7, 11) is 0. The quantitative estimate of drug-likeness (QED) is 0.698. The van der Waals surface area contributed by atoms with Crippen LogP contribution < -0.4 is 0 Å². The Morgan fingerprint density at radius 1 is 1.00 bits per heavy atom. The third kappa shape index (κ3) is 2.91. The van der Waals surface area contributed by atoms with E-state index in [0.29, 0.717) is 12.0 Å². The Balaban J connectivity index is 1.66. The van der Waals surface area contributed by atoms with Gasteiger partial charge in [0.05, 0.1) is 18.1 Å². The molecule has 1 saturated carbocycles. The van der Waals surface area contributed by atoms with Gasteiger partial charge in [-0.15, -0.1) is 0 Å². The lowest BCUT2D eigenvalue weighted by molar-refractivity contribution is 0.384.